The molecule has 1 saturated heterocycles. The number of Topliss-reactive ketones (excluding diaryl/α,β-unsaturated/α-hetero) is 1. The molecule has 0 spiro atoms. The summed E-state index contributed by atoms with van der Waals surface area (Å²) in [5, 5.41) is 4.94. The van der Waals surface area contributed by atoms with E-state index in [1.54, 1.807) is 0 Å². The van der Waals surface area contributed by atoms with Crippen molar-refractivity contribution in [1.82, 2.24) is 9.88 Å². The van der Waals surface area contributed by atoms with Gasteiger partial charge in [-0.05, 0) is 44.1 Å². The molecule has 1 aliphatic heterocycles. The maximum atomic E-state index is 12.7. The predicted molar refractivity (Wildman–Crippen MR) is 77.9 cm³/mol. The van der Waals surface area contributed by atoms with Gasteiger partial charge >= 0.3 is 0 Å². The number of halogens is 1. The largest absolute Gasteiger partial charge is 0.350 e. The van der Waals surface area contributed by atoms with Crippen LogP contribution in [0.3, 0.4) is 0 Å². The molecule has 0 saturated carbocycles. The van der Waals surface area contributed by atoms with Crippen LogP contribution in [0.1, 0.15) is 23.2 Å². The van der Waals surface area contributed by atoms with Crippen molar-refractivity contribution in [2.24, 2.45) is 13.0 Å². The Bertz CT molecular complexity index is 626. The molecule has 3 rings (SSSR count). The molecule has 1 aromatic heterocycles. The molecular formula is C15H17ClN2O. The third kappa shape index (κ3) is 2.28. The monoisotopic (exact) mass is 276 g/mol. The predicted octanol–water partition coefficient (Wildman–Crippen LogP) is 3.01. The van der Waals surface area contributed by atoms with Crippen molar-refractivity contribution in [3.8, 4) is 0 Å². The van der Waals surface area contributed by atoms with E-state index >= 15 is 0 Å². The first kappa shape index (κ1) is 12.7. The molecule has 1 aliphatic rings. The topological polar surface area (TPSA) is 34.0 Å². The molecule has 0 unspecified atom stereocenters. The van der Waals surface area contributed by atoms with Crippen LogP contribution >= 0.6 is 11.6 Å². The van der Waals surface area contributed by atoms with E-state index in [9.17, 15) is 4.79 Å². The van der Waals surface area contributed by atoms with Gasteiger partial charge in [0.15, 0.2) is 5.78 Å². The van der Waals surface area contributed by atoms with Crippen molar-refractivity contribution in [1.29, 1.82) is 0 Å². The van der Waals surface area contributed by atoms with Gasteiger partial charge in [0.05, 0.1) is 0 Å². The Morgan fingerprint density at radius 1 is 1.37 bits per heavy atom. The Morgan fingerprint density at radius 2 is 2.11 bits per heavy atom. The summed E-state index contributed by atoms with van der Waals surface area (Å²) in [6.45, 7) is 1.86. The fourth-order valence-electron chi connectivity index (χ4n) is 2.86. The molecule has 2 aromatic rings. The van der Waals surface area contributed by atoms with Gasteiger partial charge in [0, 0.05) is 40.7 Å². The molecule has 0 aliphatic carbocycles. The van der Waals surface area contributed by atoms with Crippen molar-refractivity contribution in [2.45, 2.75) is 12.8 Å². The molecular weight excluding hydrogens is 260 g/mol. The van der Waals surface area contributed by atoms with Gasteiger partial charge in [-0.1, -0.05) is 11.6 Å². The van der Waals surface area contributed by atoms with E-state index in [1.807, 2.05) is 36.0 Å². The molecule has 1 N–H and O–H groups in total. The van der Waals surface area contributed by atoms with Crippen LogP contribution in [-0.4, -0.2) is 23.4 Å². The summed E-state index contributed by atoms with van der Waals surface area (Å²) in [5.41, 5.74) is 1.87. The summed E-state index contributed by atoms with van der Waals surface area (Å²) in [6.07, 6.45) is 3.79. The van der Waals surface area contributed by atoms with Gasteiger partial charge in [0.1, 0.15) is 0 Å². The molecule has 0 bridgehead atoms. The highest BCUT2D eigenvalue weighted by molar-refractivity contribution is 6.31. The maximum Gasteiger partial charge on any atom is 0.168 e. The minimum absolute atomic E-state index is 0.144. The SMILES string of the molecule is Cn1cc(C(=O)C2CCNCC2)c2cc(Cl)ccc21. The first-order chi connectivity index (χ1) is 9.16. The van der Waals surface area contributed by atoms with E-state index in [2.05, 4.69) is 5.32 Å². The number of hydrogen-bond acceptors (Lipinski definition) is 2. The molecule has 2 heterocycles. The highest BCUT2D eigenvalue weighted by atomic mass is 35.5. The van der Waals surface area contributed by atoms with Crippen molar-refractivity contribution in [3.05, 3.63) is 35.0 Å². The van der Waals surface area contributed by atoms with Crippen LogP contribution in [0.2, 0.25) is 5.02 Å². The van der Waals surface area contributed by atoms with E-state index in [1.165, 1.54) is 0 Å². The number of benzene rings is 1. The third-order valence-corrected chi connectivity index (χ3v) is 4.16. The van der Waals surface area contributed by atoms with Gasteiger partial charge in [-0.2, -0.15) is 0 Å². The van der Waals surface area contributed by atoms with E-state index in [-0.39, 0.29) is 11.7 Å². The summed E-state index contributed by atoms with van der Waals surface area (Å²) < 4.78 is 2.00. The van der Waals surface area contributed by atoms with Crippen molar-refractivity contribution in [2.75, 3.05) is 13.1 Å². The summed E-state index contributed by atoms with van der Waals surface area (Å²) in [5.74, 6) is 0.403. The van der Waals surface area contributed by atoms with E-state index in [0.717, 1.165) is 42.4 Å². The first-order valence-electron chi connectivity index (χ1n) is 6.66. The Kier molecular flexibility index (Phi) is 3.33. The molecule has 1 aromatic carbocycles. The number of ketones is 1. The van der Waals surface area contributed by atoms with Crippen LogP contribution in [0.25, 0.3) is 10.9 Å². The second-order valence-corrected chi connectivity index (χ2v) is 5.64. The average Bonchev–Trinajstić information content (AvgIpc) is 2.75. The third-order valence-electron chi connectivity index (χ3n) is 3.93. The van der Waals surface area contributed by atoms with Crippen LogP contribution < -0.4 is 5.32 Å². The number of carbonyl (C=O) groups is 1. The van der Waals surface area contributed by atoms with Gasteiger partial charge in [0.25, 0.3) is 0 Å². The highest BCUT2D eigenvalue weighted by Crippen LogP contribution is 2.28. The summed E-state index contributed by atoms with van der Waals surface area (Å²) in [4.78, 5) is 12.7. The number of fused-ring (bicyclic) bond motifs is 1. The van der Waals surface area contributed by atoms with E-state index < -0.39 is 0 Å². The molecule has 0 amide bonds. The van der Waals surface area contributed by atoms with E-state index in [4.69, 9.17) is 11.6 Å². The van der Waals surface area contributed by atoms with Gasteiger partial charge in [0.2, 0.25) is 0 Å². The smallest absolute Gasteiger partial charge is 0.168 e. The number of nitrogens with one attached hydrogen (secondary N) is 1. The number of aryl methyl sites for hydroxylation is 1. The van der Waals surface area contributed by atoms with Crippen molar-refractivity contribution < 1.29 is 4.79 Å². The van der Waals surface area contributed by atoms with E-state index in [0.29, 0.717) is 5.02 Å². The van der Waals surface area contributed by atoms with Crippen LogP contribution in [-0.2, 0) is 7.05 Å². The number of rotatable bonds is 2. The van der Waals surface area contributed by atoms with Crippen molar-refractivity contribution >= 4 is 28.3 Å². The number of piperidine rings is 1. The fraction of sp³-hybridized carbons (Fsp3) is 0.400. The quantitative estimate of drug-likeness (QED) is 0.856. The van der Waals surface area contributed by atoms with Gasteiger partial charge in [-0.3, -0.25) is 4.79 Å². The molecule has 0 radical (unpaired) electrons. The van der Waals surface area contributed by atoms with Gasteiger partial charge < -0.3 is 9.88 Å². The molecule has 1 fully saturated rings. The zero-order valence-electron chi connectivity index (χ0n) is 10.9. The van der Waals surface area contributed by atoms with Gasteiger partial charge in [-0.25, -0.2) is 0 Å². The van der Waals surface area contributed by atoms with Crippen molar-refractivity contribution in [3.63, 3.8) is 0 Å². The van der Waals surface area contributed by atoms with Crippen LogP contribution in [0.5, 0.6) is 0 Å². The number of aromatic nitrogens is 1. The maximum absolute atomic E-state index is 12.7. The Hall–Kier alpha value is -1.32. The molecule has 0 atom stereocenters. The number of nitrogens with zero attached hydrogens (tertiary/aromatic N) is 1. The lowest BCUT2D eigenvalue weighted by Crippen LogP contribution is -2.31. The van der Waals surface area contributed by atoms with Crippen LogP contribution in [0, 0.1) is 5.92 Å². The normalized spacial score (nSPS) is 16.9. The lowest BCUT2D eigenvalue weighted by atomic mass is 9.89. The number of carbonyl (C=O) groups excluding carboxylic acids is 1. The molecule has 19 heavy (non-hydrogen) atoms. The Labute approximate surface area is 117 Å². The van der Waals surface area contributed by atoms with Crippen LogP contribution in [0.4, 0.5) is 0 Å². The Morgan fingerprint density at radius 3 is 2.84 bits per heavy atom. The van der Waals surface area contributed by atoms with Crippen LogP contribution in [0.15, 0.2) is 24.4 Å². The summed E-state index contributed by atoms with van der Waals surface area (Å²) >= 11 is 6.06. The Balaban J connectivity index is 2.04. The lowest BCUT2D eigenvalue weighted by molar-refractivity contribution is 0.0896. The molecule has 4 heteroatoms. The minimum Gasteiger partial charge on any atom is -0.350 e. The van der Waals surface area contributed by atoms with Gasteiger partial charge in [-0.15, -0.1) is 0 Å². The highest BCUT2D eigenvalue weighted by Gasteiger charge is 2.24. The fourth-order valence-corrected chi connectivity index (χ4v) is 3.04. The summed E-state index contributed by atoms with van der Waals surface area (Å²) in [7, 11) is 1.97. The average molecular weight is 277 g/mol. The standard InChI is InChI=1S/C15H17ClN2O/c1-18-9-13(12-8-11(16)2-3-14(12)18)15(19)10-4-6-17-7-5-10/h2-3,8-10,17H,4-7H2,1H3. The zero-order chi connectivity index (χ0) is 13.4. The molecule has 3 nitrogen and oxygen atoms in total. The second-order valence-electron chi connectivity index (χ2n) is 5.20. The minimum atomic E-state index is 0.144. The number of hydrogen-bond donors (Lipinski definition) is 1. The zero-order valence-corrected chi connectivity index (χ0v) is 11.7. The lowest BCUT2D eigenvalue weighted by Gasteiger charge is -2.21. The summed E-state index contributed by atoms with van der Waals surface area (Å²) in [6, 6.07) is 5.73. The second kappa shape index (κ2) is 4.99. The molecule has 100 valence electrons. The first-order valence-corrected chi connectivity index (χ1v) is 7.04.